The molecular weight excluding hydrogens is 330 g/mol. The van der Waals surface area contributed by atoms with Crippen molar-refractivity contribution in [3.05, 3.63) is 11.5 Å². The third kappa shape index (κ3) is 2.86. The molecular formula is C16H25N3O4S. The van der Waals surface area contributed by atoms with E-state index < -0.39 is 10.0 Å². The van der Waals surface area contributed by atoms with Crippen LogP contribution in [-0.2, 0) is 14.8 Å². The van der Waals surface area contributed by atoms with Crippen molar-refractivity contribution in [1.29, 1.82) is 0 Å². The van der Waals surface area contributed by atoms with Gasteiger partial charge in [0.1, 0.15) is 10.6 Å². The molecule has 1 amide bonds. The summed E-state index contributed by atoms with van der Waals surface area (Å²) in [4.78, 5) is 14.7. The fourth-order valence-electron chi connectivity index (χ4n) is 3.85. The molecule has 0 unspecified atom stereocenters. The van der Waals surface area contributed by atoms with E-state index in [1.54, 1.807) is 13.8 Å². The zero-order chi connectivity index (χ0) is 17.5. The number of rotatable bonds is 3. The van der Waals surface area contributed by atoms with Crippen molar-refractivity contribution in [3.8, 4) is 0 Å². The summed E-state index contributed by atoms with van der Waals surface area (Å²) in [6, 6.07) is 0. The van der Waals surface area contributed by atoms with Crippen molar-refractivity contribution >= 4 is 15.9 Å². The van der Waals surface area contributed by atoms with Crippen LogP contribution in [0.2, 0.25) is 0 Å². The molecule has 1 aliphatic heterocycles. The van der Waals surface area contributed by atoms with Gasteiger partial charge in [0.15, 0.2) is 5.76 Å². The predicted octanol–water partition coefficient (Wildman–Crippen LogP) is 1.70. The van der Waals surface area contributed by atoms with Crippen molar-refractivity contribution < 1.29 is 17.7 Å². The molecule has 1 aromatic heterocycles. The number of aromatic nitrogens is 1. The van der Waals surface area contributed by atoms with Crippen LogP contribution in [-0.4, -0.2) is 54.9 Å². The minimum absolute atomic E-state index is 0.157. The Balaban J connectivity index is 1.70. The molecule has 8 heteroatoms. The maximum Gasteiger partial charge on any atom is 0.248 e. The Morgan fingerprint density at radius 3 is 2.21 bits per heavy atom. The Morgan fingerprint density at radius 1 is 1.12 bits per heavy atom. The SMILES string of the molecule is Cc1noc(C)c1S(=O)(=O)N1CCN(C(=O)C2(C)CCCC2)CC1. The van der Waals surface area contributed by atoms with Crippen LogP contribution in [0.5, 0.6) is 0 Å². The highest BCUT2D eigenvalue weighted by molar-refractivity contribution is 7.89. The highest BCUT2D eigenvalue weighted by Gasteiger charge is 2.41. The van der Waals surface area contributed by atoms with Crippen molar-refractivity contribution in [3.63, 3.8) is 0 Å². The molecule has 0 radical (unpaired) electrons. The Bertz CT molecular complexity index is 707. The van der Waals surface area contributed by atoms with Crippen molar-refractivity contribution in [2.45, 2.75) is 51.3 Å². The van der Waals surface area contributed by atoms with Gasteiger partial charge in [0.2, 0.25) is 15.9 Å². The van der Waals surface area contributed by atoms with Crippen molar-refractivity contribution in [2.24, 2.45) is 5.41 Å². The minimum atomic E-state index is -3.62. The van der Waals surface area contributed by atoms with Crippen LogP contribution in [0.25, 0.3) is 0 Å². The van der Waals surface area contributed by atoms with Crippen LogP contribution < -0.4 is 0 Å². The first-order valence-electron chi connectivity index (χ1n) is 8.48. The minimum Gasteiger partial charge on any atom is -0.360 e. The lowest BCUT2D eigenvalue weighted by molar-refractivity contribution is -0.142. The van der Waals surface area contributed by atoms with E-state index in [4.69, 9.17) is 4.52 Å². The lowest BCUT2D eigenvalue weighted by Crippen LogP contribution is -2.53. The maximum absolute atomic E-state index is 12.8. The number of nitrogens with zero attached hydrogens (tertiary/aromatic N) is 3. The largest absolute Gasteiger partial charge is 0.360 e. The number of piperazine rings is 1. The number of carbonyl (C=O) groups is 1. The van der Waals surface area contributed by atoms with E-state index >= 15 is 0 Å². The van der Waals surface area contributed by atoms with Crippen LogP contribution in [0, 0.1) is 19.3 Å². The fourth-order valence-corrected chi connectivity index (χ4v) is 5.57. The summed E-state index contributed by atoms with van der Waals surface area (Å²) >= 11 is 0. The summed E-state index contributed by atoms with van der Waals surface area (Å²) in [5.41, 5.74) is 0.118. The number of hydrogen-bond donors (Lipinski definition) is 0. The molecule has 1 saturated carbocycles. The summed E-state index contributed by atoms with van der Waals surface area (Å²) in [5.74, 6) is 0.485. The van der Waals surface area contributed by atoms with Gasteiger partial charge in [-0.25, -0.2) is 8.42 Å². The molecule has 2 fully saturated rings. The smallest absolute Gasteiger partial charge is 0.248 e. The topological polar surface area (TPSA) is 83.7 Å². The van der Waals surface area contributed by atoms with E-state index in [1.807, 2.05) is 11.8 Å². The Hall–Kier alpha value is -1.41. The molecule has 1 saturated heterocycles. The van der Waals surface area contributed by atoms with Crippen molar-refractivity contribution in [1.82, 2.24) is 14.4 Å². The van der Waals surface area contributed by atoms with Gasteiger partial charge in [0.25, 0.3) is 0 Å². The number of amides is 1. The second-order valence-electron chi connectivity index (χ2n) is 7.12. The second-order valence-corrected chi connectivity index (χ2v) is 8.99. The zero-order valence-electron chi connectivity index (χ0n) is 14.5. The van der Waals surface area contributed by atoms with Crippen LogP contribution in [0.3, 0.4) is 0 Å². The lowest BCUT2D eigenvalue weighted by Gasteiger charge is -2.38. The fraction of sp³-hybridized carbons (Fsp3) is 0.750. The summed E-state index contributed by atoms with van der Waals surface area (Å²) in [6.07, 6.45) is 4.07. The highest BCUT2D eigenvalue weighted by Crippen LogP contribution is 2.39. The summed E-state index contributed by atoms with van der Waals surface area (Å²) < 4.78 is 32.0. The summed E-state index contributed by atoms with van der Waals surface area (Å²) in [5, 5.41) is 3.74. The number of carbonyl (C=O) groups excluding carboxylic acids is 1. The van der Waals surface area contributed by atoms with Gasteiger partial charge < -0.3 is 9.42 Å². The first kappa shape index (κ1) is 17.4. The number of aryl methyl sites for hydroxylation is 2. The number of sulfonamides is 1. The molecule has 24 heavy (non-hydrogen) atoms. The molecule has 7 nitrogen and oxygen atoms in total. The molecule has 0 bridgehead atoms. The average molecular weight is 355 g/mol. The van der Waals surface area contributed by atoms with Crippen LogP contribution in [0.1, 0.15) is 44.1 Å². The first-order valence-corrected chi connectivity index (χ1v) is 9.92. The summed E-state index contributed by atoms with van der Waals surface area (Å²) in [6.45, 7) is 6.78. The molecule has 0 N–H and O–H groups in total. The normalized spacial score (nSPS) is 22.0. The van der Waals surface area contributed by atoms with Crippen LogP contribution >= 0.6 is 0 Å². The molecule has 3 rings (SSSR count). The van der Waals surface area contributed by atoms with E-state index in [-0.39, 0.29) is 16.2 Å². The predicted molar refractivity (Wildman–Crippen MR) is 87.9 cm³/mol. The zero-order valence-corrected chi connectivity index (χ0v) is 15.4. The Kier molecular flexibility index (Phi) is 4.46. The molecule has 0 atom stereocenters. The van der Waals surface area contributed by atoms with Crippen LogP contribution in [0.15, 0.2) is 9.42 Å². The van der Waals surface area contributed by atoms with E-state index in [0.717, 1.165) is 25.7 Å². The van der Waals surface area contributed by atoms with Gasteiger partial charge in [-0.2, -0.15) is 4.31 Å². The maximum atomic E-state index is 12.8. The molecule has 0 aromatic carbocycles. The molecule has 2 aliphatic rings. The monoisotopic (exact) mass is 355 g/mol. The second kappa shape index (κ2) is 6.15. The van der Waals surface area contributed by atoms with E-state index in [1.165, 1.54) is 4.31 Å². The standard InChI is InChI=1S/C16H25N3O4S/c1-12-14(13(2)23-17-12)24(21,22)19-10-8-18(9-11-19)15(20)16(3)6-4-5-7-16/h4-11H2,1-3H3. The Morgan fingerprint density at radius 2 is 1.71 bits per heavy atom. The number of hydrogen-bond acceptors (Lipinski definition) is 5. The lowest BCUT2D eigenvalue weighted by atomic mass is 9.87. The first-order chi connectivity index (χ1) is 11.3. The highest BCUT2D eigenvalue weighted by atomic mass is 32.2. The third-order valence-corrected chi connectivity index (χ3v) is 7.46. The van der Waals surface area contributed by atoms with Gasteiger partial charge >= 0.3 is 0 Å². The van der Waals surface area contributed by atoms with Gasteiger partial charge in [-0.05, 0) is 26.7 Å². The molecule has 1 aromatic rings. The molecule has 0 spiro atoms. The van der Waals surface area contributed by atoms with E-state index in [0.29, 0.717) is 37.6 Å². The van der Waals surface area contributed by atoms with Gasteiger partial charge in [-0.1, -0.05) is 24.9 Å². The quantitative estimate of drug-likeness (QED) is 0.824. The molecule has 1 aliphatic carbocycles. The van der Waals surface area contributed by atoms with Crippen molar-refractivity contribution in [2.75, 3.05) is 26.2 Å². The van der Waals surface area contributed by atoms with Gasteiger partial charge in [-0.3, -0.25) is 4.79 Å². The molecule has 2 heterocycles. The Labute approximate surface area is 143 Å². The van der Waals surface area contributed by atoms with Crippen LogP contribution in [0.4, 0.5) is 0 Å². The van der Waals surface area contributed by atoms with Gasteiger partial charge in [-0.15, -0.1) is 0 Å². The average Bonchev–Trinajstić information content (AvgIpc) is 3.14. The molecule has 134 valence electrons. The summed E-state index contributed by atoms with van der Waals surface area (Å²) in [7, 11) is -3.62. The third-order valence-electron chi connectivity index (χ3n) is 5.32. The van der Waals surface area contributed by atoms with E-state index in [9.17, 15) is 13.2 Å². The van der Waals surface area contributed by atoms with Gasteiger partial charge in [0, 0.05) is 31.6 Å². The van der Waals surface area contributed by atoms with E-state index in [2.05, 4.69) is 5.16 Å². The van der Waals surface area contributed by atoms with Gasteiger partial charge in [0.05, 0.1) is 0 Å².